The van der Waals surface area contributed by atoms with Crippen molar-refractivity contribution < 1.29 is 4.21 Å². The SMILES string of the molecule is Cc1cccnc1C=NS(=O)C(C)C. The molecule has 1 heterocycles. The van der Waals surface area contributed by atoms with Crippen LogP contribution < -0.4 is 0 Å². The number of hydrogen-bond donors (Lipinski definition) is 0. The van der Waals surface area contributed by atoms with Crippen LogP contribution in [0.5, 0.6) is 0 Å². The molecule has 1 atom stereocenters. The van der Waals surface area contributed by atoms with E-state index in [9.17, 15) is 4.21 Å². The number of nitrogens with zero attached hydrogens (tertiary/aromatic N) is 2. The van der Waals surface area contributed by atoms with Gasteiger partial charge in [0.25, 0.3) is 0 Å². The molecule has 0 aliphatic rings. The molecule has 1 aromatic rings. The van der Waals surface area contributed by atoms with E-state index < -0.39 is 11.0 Å². The highest BCUT2D eigenvalue weighted by Gasteiger charge is 2.01. The number of aromatic nitrogens is 1. The molecule has 1 aromatic heterocycles. The Morgan fingerprint density at radius 2 is 2.29 bits per heavy atom. The predicted octanol–water partition coefficient (Wildman–Crippen LogP) is 1.88. The molecular weight excluding hydrogens is 196 g/mol. The smallest absolute Gasteiger partial charge is 0.141 e. The minimum Gasteiger partial charge on any atom is -0.255 e. The molecule has 0 saturated carbocycles. The van der Waals surface area contributed by atoms with E-state index in [4.69, 9.17) is 0 Å². The highest BCUT2D eigenvalue weighted by molar-refractivity contribution is 7.84. The average Bonchev–Trinajstić information content (AvgIpc) is 2.16. The van der Waals surface area contributed by atoms with E-state index in [1.54, 1.807) is 12.4 Å². The molecule has 0 saturated heterocycles. The summed E-state index contributed by atoms with van der Waals surface area (Å²) < 4.78 is 15.3. The van der Waals surface area contributed by atoms with E-state index in [1.165, 1.54) is 0 Å². The Labute approximate surface area is 86.9 Å². The molecule has 0 fully saturated rings. The van der Waals surface area contributed by atoms with Gasteiger partial charge in [-0.25, -0.2) is 4.21 Å². The fourth-order valence-corrected chi connectivity index (χ4v) is 1.30. The summed E-state index contributed by atoms with van der Waals surface area (Å²) in [5.74, 6) is 0. The normalized spacial score (nSPS) is 13.7. The van der Waals surface area contributed by atoms with Crippen LogP contribution in [0.1, 0.15) is 25.1 Å². The number of rotatable bonds is 3. The zero-order valence-electron chi connectivity index (χ0n) is 8.60. The van der Waals surface area contributed by atoms with E-state index in [0.29, 0.717) is 0 Å². The van der Waals surface area contributed by atoms with Crippen LogP contribution in [0.15, 0.2) is 22.7 Å². The largest absolute Gasteiger partial charge is 0.255 e. The molecule has 0 aromatic carbocycles. The second-order valence-corrected chi connectivity index (χ2v) is 4.97. The molecule has 1 unspecified atom stereocenters. The molecule has 1 rings (SSSR count). The van der Waals surface area contributed by atoms with Gasteiger partial charge in [0.2, 0.25) is 0 Å². The van der Waals surface area contributed by atoms with E-state index in [1.807, 2.05) is 32.9 Å². The van der Waals surface area contributed by atoms with Gasteiger partial charge in [0, 0.05) is 6.20 Å². The summed E-state index contributed by atoms with van der Waals surface area (Å²) in [5, 5.41) is 0.0512. The van der Waals surface area contributed by atoms with Crippen molar-refractivity contribution in [3.05, 3.63) is 29.6 Å². The first kappa shape index (κ1) is 11.0. The van der Waals surface area contributed by atoms with E-state index in [0.717, 1.165) is 11.3 Å². The van der Waals surface area contributed by atoms with Crippen LogP contribution >= 0.6 is 0 Å². The third-order valence-corrected chi connectivity index (χ3v) is 2.85. The molecule has 3 nitrogen and oxygen atoms in total. The summed E-state index contributed by atoms with van der Waals surface area (Å²) in [6.45, 7) is 5.70. The highest BCUT2D eigenvalue weighted by Crippen LogP contribution is 2.01. The van der Waals surface area contributed by atoms with Crippen LogP contribution in [0.25, 0.3) is 0 Å². The van der Waals surface area contributed by atoms with Gasteiger partial charge in [-0.1, -0.05) is 6.07 Å². The van der Waals surface area contributed by atoms with Crippen LogP contribution in [0.4, 0.5) is 0 Å². The fraction of sp³-hybridized carbons (Fsp3) is 0.400. The van der Waals surface area contributed by atoms with Gasteiger partial charge in [-0.3, -0.25) is 4.98 Å². The lowest BCUT2D eigenvalue weighted by Crippen LogP contribution is -2.03. The first-order valence-electron chi connectivity index (χ1n) is 4.47. The number of aryl methyl sites for hydroxylation is 1. The standard InChI is InChI=1S/C10H14N2OS/c1-8(2)14(13)12-7-10-9(3)5-4-6-11-10/h4-8H,1-3H3. The van der Waals surface area contributed by atoms with Gasteiger partial charge in [-0.15, -0.1) is 0 Å². The Morgan fingerprint density at radius 1 is 1.57 bits per heavy atom. The van der Waals surface area contributed by atoms with Crippen LogP contribution in [0, 0.1) is 6.92 Å². The van der Waals surface area contributed by atoms with Crippen LogP contribution in [-0.2, 0) is 11.0 Å². The first-order valence-corrected chi connectivity index (χ1v) is 5.64. The van der Waals surface area contributed by atoms with E-state index in [2.05, 4.69) is 9.38 Å². The summed E-state index contributed by atoms with van der Waals surface area (Å²) in [5.41, 5.74) is 1.82. The maximum absolute atomic E-state index is 11.3. The first-order chi connectivity index (χ1) is 6.61. The molecule has 0 spiro atoms. The average molecular weight is 210 g/mol. The summed E-state index contributed by atoms with van der Waals surface area (Å²) >= 11 is 0. The Balaban J connectivity index is 2.79. The summed E-state index contributed by atoms with van der Waals surface area (Å²) in [6, 6.07) is 3.82. The molecule has 76 valence electrons. The maximum atomic E-state index is 11.3. The zero-order valence-corrected chi connectivity index (χ0v) is 9.41. The highest BCUT2D eigenvalue weighted by atomic mass is 32.2. The van der Waals surface area contributed by atoms with Gasteiger partial charge >= 0.3 is 0 Å². The third-order valence-electron chi connectivity index (χ3n) is 1.73. The Bertz CT molecular complexity index is 361. The predicted molar refractivity (Wildman–Crippen MR) is 59.8 cm³/mol. The third kappa shape index (κ3) is 3.03. The fourth-order valence-electron chi connectivity index (χ4n) is 0.857. The summed E-state index contributed by atoms with van der Waals surface area (Å²) in [6.07, 6.45) is 3.28. The van der Waals surface area contributed by atoms with E-state index in [-0.39, 0.29) is 5.25 Å². The zero-order chi connectivity index (χ0) is 10.6. The second-order valence-electron chi connectivity index (χ2n) is 3.26. The lowest BCUT2D eigenvalue weighted by molar-refractivity contribution is 0.678. The quantitative estimate of drug-likeness (QED) is 0.715. The molecule has 0 amide bonds. The molecule has 14 heavy (non-hydrogen) atoms. The topological polar surface area (TPSA) is 42.3 Å². The Morgan fingerprint density at radius 3 is 2.86 bits per heavy atom. The van der Waals surface area contributed by atoms with Gasteiger partial charge in [0.05, 0.1) is 17.2 Å². The molecule has 0 aliphatic heterocycles. The lowest BCUT2D eigenvalue weighted by atomic mass is 10.2. The monoisotopic (exact) mass is 210 g/mol. The van der Waals surface area contributed by atoms with Crippen molar-refractivity contribution in [2.45, 2.75) is 26.0 Å². The molecular formula is C10H14N2OS. The van der Waals surface area contributed by atoms with Gasteiger partial charge in [-0.2, -0.15) is 4.40 Å². The van der Waals surface area contributed by atoms with Crippen LogP contribution in [0.2, 0.25) is 0 Å². The van der Waals surface area contributed by atoms with Crippen molar-refractivity contribution in [1.29, 1.82) is 0 Å². The molecule has 0 aliphatic carbocycles. The van der Waals surface area contributed by atoms with Gasteiger partial charge < -0.3 is 0 Å². The van der Waals surface area contributed by atoms with Crippen molar-refractivity contribution in [3.8, 4) is 0 Å². The van der Waals surface area contributed by atoms with Gasteiger partial charge in [0.15, 0.2) is 0 Å². The molecule has 0 N–H and O–H groups in total. The van der Waals surface area contributed by atoms with E-state index >= 15 is 0 Å². The maximum Gasteiger partial charge on any atom is 0.141 e. The van der Waals surface area contributed by atoms with Gasteiger partial charge in [0.1, 0.15) is 11.0 Å². The summed E-state index contributed by atoms with van der Waals surface area (Å²) in [7, 11) is -1.15. The lowest BCUT2D eigenvalue weighted by Gasteiger charge is -1.99. The molecule has 0 radical (unpaired) electrons. The van der Waals surface area contributed by atoms with Crippen molar-refractivity contribution in [2.24, 2.45) is 4.40 Å². The molecule has 0 bridgehead atoms. The van der Waals surface area contributed by atoms with Crippen molar-refractivity contribution in [3.63, 3.8) is 0 Å². The number of pyridine rings is 1. The van der Waals surface area contributed by atoms with Crippen molar-refractivity contribution in [2.75, 3.05) is 0 Å². The minimum atomic E-state index is -1.15. The van der Waals surface area contributed by atoms with Crippen molar-refractivity contribution >= 4 is 17.2 Å². The Kier molecular flexibility index (Phi) is 3.95. The second kappa shape index (κ2) is 5.00. The van der Waals surface area contributed by atoms with Crippen LogP contribution in [0.3, 0.4) is 0 Å². The Hall–Kier alpha value is -1.03. The van der Waals surface area contributed by atoms with Gasteiger partial charge in [-0.05, 0) is 32.4 Å². The van der Waals surface area contributed by atoms with Crippen LogP contribution in [-0.4, -0.2) is 20.7 Å². The van der Waals surface area contributed by atoms with Crippen molar-refractivity contribution in [1.82, 2.24) is 4.98 Å². The molecule has 4 heteroatoms. The minimum absolute atomic E-state index is 0.0512. The summed E-state index contributed by atoms with van der Waals surface area (Å²) in [4.78, 5) is 4.13. The number of hydrogen-bond acceptors (Lipinski definition) is 2.